The molecule has 0 saturated carbocycles. The van der Waals surface area contributed by atoms with Gasteiger partial charge in [-0.05, 0) is 31.7 Å². The molecule has 3 rings (SSSR count). The second-order valence-electron chi connectivity index (χ2n) is 6.02. The van der Waals surface area contributed by atoms with Crippen molar-refractivity contribution in [3.05, 3.63) is 28.3 Å². The Morgan fingerprint density at radius 3 is 2.46 bits per heavy atom. The zero-order valence-electron chi connectivity index (χ0n) is 13.1. The number of fused-ring (bicyclic) bond motifs is 2. The Bertz CT molecular complexity index is 715. The van der Waals surface area contributed by atoms with Crippen molar-refractivity contribution in [1.82, 2.24) is 10.0 Å². The van der Waals surface area contributed by atoms with Crippen LogP contribution in [-0.2, 0) is 10.0 Å². The minimum Gasteiger partial charge on any atom is -0.495 e. The van der Waals surface area contributed by atoms with Gasteiger partial charge in [0.1, 0.15) is 10.6 Å². The molecule has 2 saturated heterocycles. The second-order valence-corrected chi connectivity index (χ2v) is 7.70. The fourth-order valence-corrected chi connectivity index (χ4v) is 4.88. The maximum Gasteiger partial charge on any atom is 0.271 e. The monoisotopic (exact) mass is 377 g/mol. The molecule has 2 bridgehead atoms. The molecule has 0 aliphatic carbocycles. The van der Waals surface area contributed by atoms with Gasteiger partial charge in [0.2, 0.25) is 10.0 Å². The van der Waals surface area contributed by atoms with Crippen molar-refractivity contribution in [3.8, 4) is 5.75 Å². The molecule has 1 aromatic rings. The quantitative estimate of drug-likeness (QED) is 0.595. The molecule has 2 aliphatic heterocycles. The lowest BCUT2D eigenvalue weighted by molar-refractivity contribution is -0.385. The van der Waals surface area contributed by atoms with Crippen molar-refractivity contribution in [1.29, 1.82) is 0 Å². The minimum absolute atomic E-state index is 0. The van der Waals surface area contributed by atoms with Gasteiger partial charge in [-0.2, -0.15) is 0 Å². The lowest BCUT2D eigenvalue weighted by Gasteiger charge is -2.29. The Balaban J connectivity index is 0.00000208. The van der Waals surface area contributed by atoms with E-state index in [4.69, 9.17) is 4.74 Å². The van der Waals surface area contributed by atoms with Crippen LogP contribution >= 0.6 is 12.4 Å². The number of methoxy groups -OCH3 is 1. The van der Waals surface area contributed by atoms with Crippen LogP contribution in [0, 0.1) is 10.1 Å². The van der Waals surface area contributed by atoms with Gasteiger partial charge >= 0.3 is 0 Å². The third-order valence-corrected chi connectivity index (χ3v) is 5.98. The summed E-state index contributed by atoms with van der Waals surface area (Å²) in [5.41, 5.74) is -0.281. The van der Waals surface area contributed by atoms with Crippen LogP contribution in [0.3, 0.4) is 0 Å². The number of nitrogens with zero attached hydrogens (tertiary/aromatic N) is 1. The molecule has 2 unspecified atom stereocenters. The van der Waals surface area contributed by atoms with Gasteiger partial charge in [-0.15, -0.1) is 12.4 Å². The summed E-state index contributed by atoms with van der Waals surface area (Å²) >= 11 is 0. The molecule has 0 amide bonds. The molecule has 2 fully saturated rings. The van der Waals surface area contributed by atoms with Gasteiger partial charge in [0.25, 0.3) is 5.69 Å². The average molecular weight is 378 g/mol. The fraction of sp³-hybridized carbons (Fsp3) is 0.571. The van der Waals surface area contributed by atoms with Gasteiger partial charge in [-0.1, -0.05) is 0 Å². The molecule has 24 heavy (non-hydrogen) atoms. The third kappa shape index (κ3) is 3.80. The van der Waals surface area contributed by atoms with Crippen molar-refractivity contribution in [2.24, 2.45) is 0 Å². The molecule has 0 aromatic heterocycles. The predicted molar refractivity (Wildman–Crippen MR) is 90.2 cm³/mol. The van der Waals surface area contributed by atoms with Crippen LogP contribution in [-0.4, -0.2) is 38.6 Å². The first kappa shape index (κ1) is 18.9. The number of piperidine rings is 1. The highest BCUT2D eigenvalue weighted by atomic mass is 35.5. The number of sulfonamides is 1. The molecule has 0 radical (unpaired) electrons. The fourth-order valence-electron chi connectivity index (χ4n) is 3.43. The molecule has 8 nitrogen and oxygen atoms in total. The van der Waals surface area contributed by atoms with E-state index in [0.29, 0.717) is 12.1 Å². The third-order valence-electron chi connectivity index (χ3n) is 4.44. The molecule has 0 spiro atoms. The second kappa shape index (κ2) is 7.22. The van der Waals surface area contributed by atoms with E-state index in [2.05, 4.69) is 10.0 Å². The molecular formula is C14H20ClN3O5S. The largest absolute Gasteiger partial charge is 0.495 e. The van der Waals surface area contributed by atoms with E-state index in [1.54, 1.807) is 0 Å². The Labute approximate surface area is 146 Å². The molecule has 134 valence electrons. The number of rotatable bonds is 5. The topological polar surface area (TPSA) is 111 Å². The zero-order chi connectivity index (χ0) is 16.6. The maximum absolute atomic E-state index is 12.7. The number of ether oxygens (including phenoxy) is 1. The molecule has 10 heteroatoms. The number of non-ortho nitro benzene ring substituents is 1. The minimum atomic E-state index is -3.88. The van der Waals surface area contributed by atoms with Gasteiger partial charge in [0.05, 0.1) is 12.0 Å². The SMILES string of the molecule is COc1ccc([N+](=O)[O-])cc1S(=O)(=O)NC1CC2CCC(C1)N2.Cl. The average Bonchev–Trinajstić information content (AvgIpc) is 2.85. The zero-order valence-corrected chi connectivity index (χ0v) is 14.7. The van der Waals surface area contributed by atoms with Gasteiger partial charge in [0.15, 0.2) is 0 Å². The smallest absolute Gasteiger partial charge is 0.271 e. The van der Waals surface area contributed by atoms with E-state index in [0.717, 1.165) is 31.7 Å². The summed E-state index contributed by atoms with van der Waals surface area (Å²) in [7, 11) is -2.55. The highest BCUT2D eigenvalue weighted by molar-refractivity contribution is 7.89. The summed E-state index contributed by atoms with van der Waals surface area (Å²) in [4.78, 5) is 10.1. The van der Waals surface area contributed by atoms with Gasteiger partial charge in [-0.3, -0.25) is 10.1 Å². The van der Waals surface area contributed by atoms with Crippen LogP contribution in [0.4, 0.5) is 5.69 Å². The number of hydrogen-bond donors (Lipinski definition) is 2. The van der Waals surface area contributed by atoms with Crippen molar-refractivity contribution < 1.29 is 18.1 Å². The Hall–Kier alpha value is -1.42. The number of nitro benzene ring substituents is 1. The van der Waals surface area contributed by atoms with Gasteiger partial charge < -0.3 is 10.1 Å². The first-order valence-electron chi connectivity index (χ1n) is 7.50. The van der Waals surface area contributed by atoms with E-state index in [1.165, 1.54) is 19.2 Å². The molecule has 2 heterocycles. The summed E-state index contributed by atoms with van der Waals surface area (Å²) in [6.07, 6.45) is 3.58. The van der Waals surface area contributed by atoms with Gasteiger partial charge in [-0.25, -0.2) is 13.1 Å². The summed E-state index contributed by atoms with van der Waals surface area (Å²) in [5, 5.41) is 14.3. The standard InChI is InChI=1S/C14H19N3O5S.ClH/c1-22-13-5-4-12(17(18)19)8-14(13)23(20,21)16-11-6-9-2-3-10(7-11)15-9;/h4-5,8-11,15-16H,2-3,6-7H2,1H3;1H. The summed E-state index contributed by atoms with van der Waals surface area (Å²) in [6.45, 7) is 0. The van der Waals surface area contributed by atoms with Crippen LogP contribution in [0.15, 0.2) is 23.1 Å². The van der Waals surface area contributed by atoms with Crippen molar-refractivity contribution in [2.75, 3.05) is 7.11 Å². The first-order chi connectivity index (χ1) is 10.9. The normalized spacial score (nSPS) is 25.8. The highest BCUT2D eigenvalue weighted by Crippen LogP contribution is 2.31. The van der Waals surface area contributed by atoms with Crippen LogP contribution in [0.1, 0.15) is 25.7 Å². The van der Waals surface area contributed by atoms with E-state index >= 15 is 0 Å². The number of benzene rings is 1. The van der Waals surface area contributed by atoms with E-state index in [9.17, 15) is 18.5 Å². The molecule has 1 aromatic carbocycles. The van der Waals surface area contributed by atoms with E-state index < -0.39 is 14.9 Å². The Kier molecular flexibility index (Phi) is 5.69. The van der Waals surface area contributed by atoms with Crippen LogP contribution in [0.25, 0.3) is 0 Å². The number of halogens is 1. The maximum atomic E-state index is 12.7. The van der Waals surface area contributed by atoms with Crippen LogP contribution < -0.4 is 14.8 Å². The predicted octanol–water partition coefficient (Wildman–Crippen LogP) is 1.59. The van der Waals surface area contributed by atoms with Gasteiger partial charge in [0, 0.05) is 30.3 Å². The van der Waals surface area contributed by atoms with E-state index in [1.807, 2.05) is 0 Å². The summed E-state index contributed by atoms with van der Waals surface area (Å²) in [6, 6.07) is 4.09. The summed E-state index contributed by atoms with van der Waals surface area (Å²) < 4.78 is 33.0. The van der Waals surface area contributed by atoms with Crippen molar-refractivity contribution >= 4 is 28.1 Å². The number of nitrogens with one attached hydrogen (secondary N) is 2. The summed E-state index contributed by atoms with van der Waals surface area (Å²) in [5.74, 6) is 0.0972. The van der Waals surface area contributed by atoms with Crippen molar-refractivity contribution in [3.63, 3.8) is 0 Å². The number of nitro groups is 1. The molecule has 2 N–H and O–H groups in total. The number of hydrogen-bond acceptors (Lipinski definition) is 6. The Morgan fingerprint density at radius 1 is 1.29 bits per heavy atom. The Morgan fingerprint density at radius 2 is 1.92 bits per heavy atom. The lowest BCUT2D eigenvalue weighted by Crippen LogP contribution is -2.47. The van der Waals surface area contributed by atoms with E-state index in [-0.39, 0.29) is 34.8 Å². The van der Waals surface area contributed by atoms with Crippen LogP contribution in [0.2, 0.25) is 0 Å². The van der Waals surface area contributed by atoms with Crippen LogP contribution in [0.5, 0.6) is 5.75 Å². The molecular weight excluding hydrogens is 358 g/mol. The lowest BCUT2D eigenvalue weighted by atomic mass is 10.0. The van der Waals surface area contributed by atoms with Crippen molar-refractivity contribution in [2.45, 2.75) is 48.7 Å². The highest BCUT2D eigenvalue weighted by Gasteiger charge is 2.36. The first-order valence-corrected chi connectivity index (χ1v) is 8.98. The molecule has 2 atom stereocenters. The molecule has 2 aliphatic rings.